The van der Waals surface area contributed by atoms with Gasteiger partial charge in [0.25, 0.3) is 5.91 Å². The van der Waals surface area contributed by atoms with Gasteiger partial charge in [-0.15, -0.1) is 0 Å². The van der Waals surface area contributed by atoms with E-state index in [-0.39, 0.29) is 5.91 Å². The lowest BCUT2D eigenvalue weighted by Crippen LogP contribution is -2.51. The highest BCUT2D eigenvalue weighted by molar-refractivity contribution is 6.36. The summed E-state index contributed by atoms with van der Waals surface area (Å²) >= 11 is 12.2. The number of likely N-dealkylation sites (tertiary alicyclic amines) is 1. The van der Waals surface area contributed by atoms with Crippen molar-refractivity contribution in [3.8, 4) is 0 Å². The highest BCUT2D eigenvalue weighted by Gasteiger charge is 2.30. The molecule has 1 fully saturated rings. The third-order valence-electron chi connectivity index (χ3n) is 5.52. The molecule has 0 radical (unpaired) electrons. The minimum atomic E-state index is 0.00813. The summed E-state index contributed by atoms with van der Waals surface area (Å²) in [6.45, 7) is 3.59. The Kier molecular flexibility index (Phi) is 5.21. The van der Waals surface area contributed by atoms with Crippen molar-refractivity contribution in [2.75, 3.05) is 19.6 Å². The van der Waals surface area contributed by atoms with E-state index in [4.69, 9.17) is 23.2 Å². The molecule has 26 heavy (non-hydrogen) atoms. The van der Waals surface area contributed by atoms with Gasteiger partial charge in [0.1, 0.15) is 0 Å². The van der Waals surface area contributed by atoms with Crippen molar-refractivity contribution >= 4 is 29.1 Å². The van der Waals surface area contributed by atoms with Gasteiger partial charge in [0, 0.05) is 37.2 Å². The second-order valence-corrected chi connectivity index (χ2v) is 8.00. The van der Waals surface area contributed by atoms with Gasteiger partial charge in [0.05, 0.1) is 10.6 Å². The number of nitrogens with zero attached hydrogens (tertiary/aromatic N) is 2. The van der Waals surface area contributed by atoms with Gasteiger partial charge >= 0.3 is 0 Å². The number of halogens is 2. The highest BCUT2D eigenvalue weighted by Crippen LogP contribution is 2.27. The summed E-state index contributed by atoms with van der Waals surface area (Å²) in [6, 6.07) is 14.2. The fourth-order valence-corrected chi connectivity index (χ4v) is 4.59. The van der Waals surface area contributed by atoms with Gasteiger partial charge < -0.3 is 4.90 Å². The Labute approximate surface area is 164 Å². The predicted molar refractivity (Wildman–Crippen MR) is 106 cm³/mol. The van der Waals surface area contributed by atoms with E-state index in [1.807, 2.05) is 4.90 Å². The first-order valence-corrected chi connectivity index (χ1v) is 9.92. The van der Waals surface area contributed by atoms with Crippen LogP contribution in [0.4, 0.5) is 0 Å². The van der Waals surface area contributed by atoms with Gasteiger partial charge in [-0.05, 0) is 48.6 Å². The van der Waals surface area contributed by atoms with Gasteiger partial charge in [-0.25, -0.2) is 0 Å². The number of hydrogen-bond donors (Lipinski definition) is 0. The van der Waals surface area contributed by atoms with E-state index >= 15 is 0 Å². The predicted octanol–water partition coefficient (Wildman–Crippen LogP) is 4.66. The van der Waals surface area contributed by atoms with Crippen LogP contribution < -0.4 is 0 Å². The minimum absolute atomic E-state index is 0.00813. The maximum absolute atomic E-state index is 12.9. The smallest absolute Gasteiger partial charge is 0.255 e. The molecule has 1 saturated heterocycles. The van der Waals surface area contributed by atoms with E-state index in [0.29, 0.717) is 21.7 Å². The molecule has 2 aromatic carbocycles. The zero-order chi connectivity index (χ0) is 18.1. The Hall–Kier alpha value is -1.55. The van der Waals surface area contributed by atoms with Crippen LogP contribution in [-0.4, -0.2) is 41.4 Å². The van der Waals surface area contributed by atoms with E-state index in [1.54, 1.807) is 18.2 Å². The van der Waals surface area contributed by atoms with Crippen molar-refractivity contribution in [3.63, 3.8) is 0 Å². The lowest BCUT2D eigenvalue weighted by atomic mass is 9.95. The summed E-state index contributed by atoms with van der Waals surface area (Å²) in [5.74, 6) is 0.00813. The number of piperidine rings is 1. The van der Waals surface area contributed by atoms with E-state index in [0.717, 1.165) is 45.4 Å². The van der Waals surface area contributed by atoms with Crippen LogP contribution in [0.2, 0.25) is 10.0 Å². The lowest BCUT2D eigenvalue weighted by Gasteiger charge is -2.41. The average Bonchev–Trinajstić information content (AvgIpc) is 2.67. The molecule has 0 aromatic heterocycles. The number of fused-ring (bicyclic) bond motifs is 1. The Morgan fingerprint density at radius 2 is 1.85 bits per heavy atom. The first kappa shape index (κ1) is 17.8. The Balaban J connectivity index is 1.47. The molecule has 0 unspecified atom stereocenters. The Bertz CT molecular complexity index is 823. The van der Waals surface area contributed by atoms with Crippen LogP contribution in [-0.2, 0) is 13.0 Å². The second kappa shape index (κ2) is 7.59. The number of carbonyl (C=O) groups is 1. The summed E-state index contributed by atoms with van der Waals surface area (Å²) < 4.78 is 0. The standard InChI is InChI=1S/C21H22Cl2N2O/c22-17-7-8-19(20(23)12-17)21(26)25-10-3-6-18(14-25)24-11-9-15-4-1-2-5-16(15)13-24/h1-2,4-5,7-8,12,18H,3,6,9-11,13-14H2/t18-/m0/s1. The topological polar surface area (TPSA) is 23.6 Å². The third kappa shape index (κ3) is 3.62. The van der Waals surface area contributed by atoms with Crippen LogP contribution in [0.1, 0.15) is 34.3 Å². The van der Waals surface area contributed by atoms with Gasteiger partial charge in [-0.3, -0.25) is 9.69 Å². The highest BCUT2D eigenvalue weighted by atomic mass is 35.5. The van der Waals surface area contributed by atoms with Crippen molar-refractivity contribution in [2.24, 2.45) is 0 Å². The fourth-order valence-electron chi connectivity index (χ4n) is 4.10. The molecule has 4 rings (SSSR count). The number of carbonyl (C=O) groups excluding carboxylic acids is 1. The van der Waals surface area contributed by atoms with Gasteiger partial charge in [-0.1, -0.05) is 47.5 Å². The van der Waals surface area contributed by atoms with Gasteiger partial charge in [0.2, 0.25) is 0 Å². The SMILES string of the molecule is O=C(c1ccc(Cl)cc1Cl)N1CCC[C@H](N2CCc3ccccc3C2)C1. The first-order chi connectivity index (χ1) is 12.6. The van der Waals surface area contributed by atoms with Crippen LogP contribution >= 0.6 is 23.2 Å². The van der Waals surface area contributed by atoms with Crippen molar-refractivity contribution in [3.05, 3.63) is 69.2 Å². The van der Waals surface area contributed by atoms with Crippen LogP contribution in [0.5, 0.6) is 0 Å². The van der Waals surface area contributed by atoms with Crippen molar-refractivity contribution in [1.29, 1.82) is 0 Å². The van der Waals surface area contributed by atoms with Crippen molar-refractivity contribution in [2.45, 2.75) is 31.8 Å². The van der Waals surface area contributed by atoms with Crippen LogP contribution in [0, 0.1) is 0 Å². The molecular weight excluding hydrogens is 367 g/mol. The van der Waals surface area contributed by atoms with E-state index in [1.165, 1.54) is 11.1 Å². The molecule has 2 aliphatic rings. The summed E-state index contributed by atoms with van der Waals surface area (Å²) in [5.41, 5.74) is 3.42. The van der Waals surface area contributed by atoms with Crippen molar-refractivity contribution in [1.82, 2.24) is 9.80 Å². The summed E-state index contributed by atoms with van der Waals surface area (Å²) in [5, 5.41) is 0.978. The zero-order valence-corrected chi connectivity index (χ0v) is 16.1. The second-order valence-electron chi connectivity index (χ2n) is 7.16. The summed E-state index contributed by atoms with van der Waals surface area (Å²) in [7, 11) is 0. The zero-order valence-electron chi connectivity index (χ0n) is 14.6. The number of hydrogen-bond acceptors (Lipinski definition) is 2. The first-order valence-electron chi connectivity index (χ1n) is 9.17. The normalized spacial score (nSPS) is 20.7. The quantitative estimate of drug-likeness (QED) is 0.746. The molecule has 0 aliphatic carbocycles. The molecule has 1 atom stereocenters. The average molecular weight is 389 g/mol. The number of amides is 1. The van der Waals surface area contributed by atoms with E-state index in [2.05, 4.69) is 29.2 Å². The fraction of sp³-hybridized carbons (Fsp3) is 0.381. The maximum Gasteiger partial charge on any atom is 0.255 e. The Morgan fingerprint density at radius 1 is 1.04 bits per heavy atom. The number of benzene rings is 2. The van der Waals surface area contributed by atoms with Gasteiger partial charge in [-0.2, -0.15) is 0 Å². The maximum atomic E-state index is 12.9. The van der Waals surface area contributed by atoms with Crippen LogP contribution in [0.15, 0.2) is 42.5 Å². The molecule has 2 aliphatic heterocycles. The molecule has 0 saturated carbocycles. The molecule has 2 heterocycles. The Morgan fingerprint density at radius 3 is 2.65 bits per heavy atom. The molecule has 3 nitrogen and oxygen atoms in total. The molecule has 0 bridgehead atoms. The molecule has 0 N–H and O–H groups in total. The van der Waals surface area contributed by atoms with Crippen LogP contribution in [0.3, 0.4) is 0 Å². The molecular formula is C21H22Cl2N2O. The third-order valence-corrected chi connectivity index (χ3v) is 6.07. The van der Waals surface area contributed by atoms with E-state index < -0.39 is 0 Å². The minimum Gasteiger partial charge on any atom is -0.337 e. The molecule has 0 spiro atoms. The molecule has 1 amide bonds. The van der Waals surface area contributed by atoms with Crippen molar-refractivity contribution < 1.29 is 4.79 Å². The van der Waals surface area contributed by atoms with Crippen LogP contribution in [0.25, 0.3) is 0 Å². The molecule has 2 aromatic rings. The molecule has 136 valence electrons. The summed E-state index contributed by atoms with van der Waals surface area (Å²) in [6.07, 6.45) is 3.25. The number of rotatable bonds is 2. The largest absolute Gasteiger partial charge is 0.337 e. The summed E-state index contributed by atoms with van der Waals surface area (Å²) in [4.78, 5) is 17.4. The van der Waals surface area contributed by atoms with Gasteiger partial charge in [0.15, 0.2) is 0 Å². The lowest BCUT2D eigenvalue weighted by molar-refractivity contribution is 0.0549. The monoisotopic (exact) mass is 388 g/mol. The van der Waals surface area contributed by atoms with E-state index in [9.17, 15) is 4.79 Å². The molecule has 5 heteroatoms.